The van der Waals surface area contributed by atoms with Gasteiger partial charge in [0.1, 0.15) is 16.9 Å². The lowest BCUT2D eigenvalue weighted by Crippen LogP contribution is -2.01. The summed E-state index contributed by atoms with van der Waals surface area (Å²) in [5.74, 6) is 1.66. The van der Waals surface area contributed by atoms with Crippen molar-refractivity contribution in [1.29, 1.82) is 0 Å². The molecule has 0 saturated carbocycles. The van der Waals surface area contributed by atoms with E-state index in [1.54, 1.807) is 0 Å². The summed E-state index contributed by atoms with van der Waals surface area (Å²) in [6.45, 7) is 2.09. The van der Waals surface area contributed by atoms with Crippen molar-refractivity contribution >= 4 is 21.9 Å². The van der Waals surface area contributed by atoms with Gasteiger partial charge in [0.05, 0.1) is 0 Å². The molecule has 0 spiro atoms. The number of aryl methyl sites for hydroxylation is 1. The molecular weight excluding hydrogens is 540 g/mol. The molecule has 208 valence electrons. The highest BCUT2D eigenvalue weighted by atomic mass is 16.3. The highest BCUT2D eigenvalue weighted by Gasteiger charge is 2.17. The van der Waals surface area contributed by atoms with Crippen LogP contribution in [0.15, 0.2) is 144 Å². The van der Waals surface area contributed by atoms with Crippen LogP contribution in [0.4, 0.5) is 0 Å². The predicted molar refractivity (Wildman–Crippen MR) is 177 cm³/mol. The zero-order valence-corrected chi connectivity index (χ0v) is 24.0. The van der Waals surface area contributed by atoms with Crippen molar-refractivity contribution in [3.63, 3.8) is 0 Å². The normalized spacial score (nSPS) is 11.3. The standard InChI is InChI=1S/C39H26N4O/c1-25-10-8-15-28(22-25)30-19-21-33(40-24-30)39-42-37(27-13-6-3-7-14-27)41-38(43-39)29-18-20-32-35(23-29)44-34-17-9-16-31(36(32)34)26-11-4-2-5-12-26/h2-24H,1H3. The van der Waals surface area contributed by atoms with Gasteiger partial charge in [-0.3, -0.25) is 4.98 Å². The third-order valence-corrected chi connectivity index (χ3v) is 7.85. The van der Waals surface area contributed by atoms with Crippen LogP contribution in [0.1, 0.15) is 5.56 Å². The Morgan fingerprint density at radius 1 is 0.477 bits per heavy atom. The molecule has 3 heterocycles. The lowest BCUT2D eigenvalue weighted by Gasteiger charge is -2.09. The minimum absolute atomic E-state index is 0.515. The van der Waals surface area contributed by atoms with Crippen LogP contribution in [0.25, 0.3) is 78.5 Å². The van der Waals surface area contributed by atoms with Crippen LogP contribution >= 0.6 is 0 Å². The van der Waals surface area contributed by atoms with E-state index in [-0.39, 0.29) is 0 Å². The Hall–Kier alpha value is -5.94. The number of pyridine rings is 1. The molecule has 0 radical (unpaired) electrons. The first-order valence-electron chi connectivity index (χ1n) is 14.6. The monoisotopic (exact) mass is 566 g/mol. The average molecular weight is 567 g/mol. The Bertz CT molecular complexity index is 2270. The predicted octanol–water partition coefficient (Wildman–Crippen LogP) is 9.81. The summed E-state index contributed by atoms with van der Waals surface area (Å²) < 4.78 is 6.39. The van der Waals surface area contributed by atoms with Crippen LogP contribution in [-0.2, 0) is 0 Å². The van der Waals surface area contributed by atoms with Crippen molar-refractivity contribution in [2.45, 2.75) is 6.92 Å². The van der Waals surface area contributed by atoms with Gasteiger partial charge in [-0.2, -0.15) is 0 Å². The summed E-state index contributed by atoms with van der Waals surface area (Å²) in [7, 11) is 0. The first-order chi connectivity index (χ1) is 21.7. The molecule has 3 aromatic heterocycles. The molecule has 0 aliphatic rings. The van der Waals surface area contributed by atoms with E-state index < -0.39 is 0 Å². The van der Waals surface area contributed by atoms with Gasteiger partial charge in [-0.25, -0.2) is 15.0 Å². The van der Waals surface area contributed by atoms with E-state index in [4.69, 9.17) is 24.4 Å². The molecule has 0 N–H and O–H groups in total. The SMILES string of the molecule is Cc1cccc(-c2ccc(-c3nc(-c4ccccc4)nc(-c4ccc5c(c4)oc4cccc(-c6ccccc6)c45)n3)nc2)c1. The van der Waals surface area contributed by atoms with Gasteiger partial charge >= 0.3 is 0 Å². The maximum absolute atomic E-state index is 6.39. The fourth-order valence-electron chi connectivity index (χ4n) is 5.68. The van der Waals surface area contributed by atoms with Crippen LogP contribution in [0, 0.1) is 6.92 Å². The molecule has 5 heteroatoms. The molecular formula is C39H26N4O. The van der Waals surface area contributed by atoms with Gasteiger partial charge in [-0.1, -0.05) is 115 Å². The summed E-state index contributed by atoms with van der Waals surface area (Å²) in [6.07, 6.45) is 1.88. The quantitative estimate of drug-likeness (QED) is 0.207. The van der Waals surface area contributed by atoms with Crippen LogP contribution in [-0.4, -0.2) is 19.9 Å². The van der Waals surface area contributed by atoms with E-state index in [1.165, 1.54) is 5.56 Å². The van der Waals surface area contributed by atoms with E-state index in [9.17, 15) is 0 Å². The van der Waals surface area contributed by atoms with Gasteiger partial charge in [0.25, 0.3) is 0 Å². The first-order valence-corrected chi connectivity index (χ1v) is 14.6. The molecule has 44 heavy (non-hydrogen) atoms. The Balaban J connectivity index is 1.25. The number of fused-ring (bicyclic) bond motifs is 3. The van der Waals surface area contributed by atoms with Gasteiger partial charge in [0, 0.05) is 33.7 Å². The molecule has 0 atom stereocenters. The highest BCUT2D eigenvalue weighted by Crippen LogP contribution is 2.38. The topological polar surface area (TPSA) is 64.7 Å². The van der Waals surface area contributed by atoms with Gasteiger partial charge in [0.15, 0.2) is 17.5 Å². The van der Waals surface area contributed by atoms with E-state index in [1.807, 2.05) is 66.9 Å². The number of nitrogens with zero attached hydrogens (tertiary/aromatic N) is 4. The van der Waals surface area contributed by atoms with Crippen molar-refractivity contribution in [2.24, 2.45) is 0 Å². The minimum Gasteiger partial charge on any atom is -0.456 e. The first kappa shape index (κ1) is 25.7. The number of rotatable bonds is 5. The van der Waals surface area contributed by atoms with Crippen molar-refractivity contribution in [3.05, 3.63) is 145 Å². The Kier molecular flexibility index (Phi) is 6.27. The van der Waals surface area contributed by atoms with Gasteiger partial charge in [0.2, 0.25) is 0 Å². The second-order valence-corrected chi connectivity index (χ2v) is 10.8. The largest absolute Gasteiger partial charge is 0.456 e. The molecule has 0 saturated heterocycles. The van der Waals surface area contributed by atoms with Crippen LogP contribution < -0.4 is 0 Å². The minimum atomic E-state index is 0.515. The lowest BCUT2D eigenvalue weighted by molar-refractivity contribution is 0.669. The number of furan rings is 1. The Morgan fingerprint density at radius 2 is 1.16 bits per heavy atom. The van der Waals surface area contributed by atoms with Crippen molar-refractivity contribution < 1.29 is 4.42 Å². The highest BCUT2D eigenvalue weighted by molar-refractivity contribution is 6.12. The average Bonchev–Trinajstić information content (AvgIpc) is 3.47. The van der Waals surface area contributed by atoms with Crippen molar-refractivity contribution in [1.82, 2.24) is 19.9 Å². The van der Waals surface area contributed by atoms with E-state index in [2.05, 4.69) is 79.7 Å². The Labute approximate surface area is 254 Å². The molecule has 0 unspecified atom stereocenters. The fraction of sp³-hybridized carbons (Fsp3) is 0.0256. The number of benzene rings is 5. The Morgan fingerprint density at radius 3 is 1.91 bits per heavy atom. The maximum Gasteiger partial charge on any atom is 0.182 e. The van der Waals surface area contributed by atoms with Crippen LogP contribution in [0.3, 0.4) is 0 Å². The second-order valence-electron chi connectivity index (χ2n) is 10.8. The van der Waals surface area contributed by atoms with Gasteiger partial charge < -0.3 is 4.42 Å². The molecule has 0 bridgehead atoms. The van der Waals surface area contributed by atoms with Crippen LogP contribution in [0.2, 0.25) is 0 Å². The summed E-state index contributed by atoms with van der Waals surface area (Å²) in [4.78, 5) is 19.4. The second kappa shape index (κ2) is 10.7. The van der Waals surface area contributed by atoms with Crippen molar-refractivity contribution in [2.75, 3.05) is 0 Å². The number of hydrogen-bond acceptors (Lipinski definition) is 5. The molecule has 8 rings (SSSR count). The molecule has 0 amide bonds. The van der Waals surface area contributed by atoms with E-state index in [0.29, 0.717) is 23.2 Å². The molecule has 0 aliphatic carbocycles. The third-order valence-electron chi connectivity index (χ3n) is 7.85. The lowest BCUT2D eigenvalue weighted by atomic mass is 9.99. The summed E-state index contributed by atoms with van der Waals surface area (Å²) >= 11 is 0. The smallest absolute Gasteiger partial charge is 0.182 e. The van der Waals surface area contributed by atoms with E-state index in [0.717, 1.165) is 55.3 Å². The molecule has 5 aromatic carbocycles. The molecule has 5 nitrogen and oxygen atoms in total. The summed E-state index contributed by atoms with van der Waals surface area (Å²) in [5.41, 5.74) is 9.73. The summed E-state index contributed by atoms with van der Waals surface area (Å²) in [6, 6.07) is 45.2. The van der Waals surface area contributed by atoms with Gasteiger partial charge in [-0.05, 0) is 47.9 Å². The zero-order valence-electron chi connectivity index (χ0n) is 24.0. The zero-order chi connectivity index (χ0) is 29.5. The number of aromatic nitrogens is 4. The van der Waals surface area contributed by atoms with E-state index >= 15 is 0 Å². The van der Waals surface area contributed by atoms with Crippen molar-refractivity contribution in [3.8, 4) is 56.5 Å². The molecule has 0 fully saturated rings. The number of hydrogen-bond donors (Lipinski definition) is 0. The van der Waals surface area contributed by atoms with Gasteiger partial charge in [-0.15, -0.1) is 0 Å². The fourth-order valence-corrected chi connectivity index (χ4v) is 5.68. The van der Waals surface area contributed by atoms with Crippen LogP contribution in [0.5, 0.6) is 0 Å². The maximum atomic E-state index is 6.39. The third kappa shape index (κ3) is 4.71. The molecule has 0 aliphatic heterocycles. The molecule has 8 aromatic rings. The summed E-state index contributed by atoms with van der Waals surface area (Å²) in [5, 5.41) is 2.15.